The lowest BCUT2D eigenvalue weighted by Crippen LogP contribution is -2.01. The summed E-state index contributed by atoms with van der Waals surface area (Å²) in [5.41, 5.74) is 0.982. The molecule has 0 saturated heterocycles. The van der Waals surface area contributed by atoms with Crippen LogP contribution >= 0.6 is 27.3 Å². The number of carbonyl (C=O) groups excluding carboxylic acids is 1. The van der Waals surface area contributed by atoms with Crippen molar-refractivity contribution in [3.05, 3.63) is 50.6 Å². The van der Waals surface area contributed by atoms with E-state index >= 15 is 0 Å². The van der Waals surface area contributed by atoms with Gasteiger partial charge in [-0.15, -0.1) is 11.3 Å². The minimum atomic E-state index is 0.150. The summed E-state index contributed by atoms with van der Waals surface area (Å²) in [5, 5.41) is 1.91. The highest BCUT2D eigenvalue weighted by molar-refractivity contribution is 9.10. The molecule has 0 saturated carbocycles. The van der Waals surface area contributed by atoms with Gasteiger partial charge in [0.25, 0.3) is 0 Å². The summed E-state index contributed by atoms with van der Waals surface area (Å²) >= 11 is 4.89. The number of Topliss-reactive ketones (excluding diaryl/α,β-unsaturated/α-hetero) is 1. The van der Waals surface area contributed by atoms with E-state index < -0.39 is 0 Å². The van der Waals surface area contributed by atoms with Gasteiger partial charge < -0.3 is 4.74 Å². The fourth-order valence-corrected chi connectivity index (χ4v) is 2.78. The Hall–Kier alpha value is -1.13. The minimum absolute atomic E-state index is 0.150. The molecule has 0 spiro atoms. The first-order valence-corrected chi connectivity index (χ1v) is 6.77. The van der Waals surface area contributed by atoms with Gasteiger partial charge in [0.15, 0.2) is 5.78 Å². The third-order valence-electron chi connectivity index (χ3n) is 2.38. The summed E-state index contributed by atoms with van der Waals surface area (Å²) in [5.74, 6) is 0.925. The lowest BCUT2D eigenvalue weighted by atomic mass is 10.1. The molecule has 0 aliphatic carbocycles. The topological polar surface area (TPSA) is 26.3 Å². The lowest BCUT2D eigenvalue weighted by molar-refractivity contribution is 0.0997. The molecule has 17 heavy (non-hydrogen) atoms. The van der Waals surface area contributed by atoms with Crippen LogP contribution in [0.25, 0.3) is 0 Å². The average molecular weight is 311 g/mol. The quantitative estimate of drug-likeness (QED) is 0.799. The predicted molar refractivity (Wildman–Crippen MR) is 73.0 cm³/mol. The number of methoxy groups -OCH3 is 1. The highest BCUT2D eigenvalue weighted by Gasteiger charge is 2.09. The molecule has 4 heteroatoms. The van der Waals surface area contributed by atoms with Crippen LogP contribution in [0.3, 0.4) is 0 Å². The van der Waals surface area contributed by atoms with E-state index in [9.17, 15) is 4.79 Å². The Morgan fingerprint density at radius 3 is 2.82 bits per heavy atom. The first-order chi connectivity index (χ1) is 8.20. The Labute approximate surface area is 112 Å². The van der Waals surface area contributed by atoms with Crippen molar-refractivity contribution in [2.45, 2.75) is 6.42 Å². The van der Waals surface area contributed by atoms with Gasteiger partial charge in [-0.1, -0.05) is 12.1 Å². The third kappa shape index (κ3) is 2.96. The van der Waals surface area contributed by atoms with Gasteiger partial charge in [-0.25, -0.2) is 0 Å². The van der Waals surface area contributed by atoms with Crippen molar-refractivity contribution in [2.75, 3.05) is 7.11 Å². The summed E-state index contributed by atoms with van der Waals surface area (Å²) < 4.78 is 6.02. The van der Waals surface area contributed by atoms with Gasteiger partial charge in [0.1, 0.15) is 5.75 Å². The molecule has 2 rings (SSSR count). The number of halogens is 1. The highest BCUT2D eigenvalue weighted by atomic mass is 79.9. The SMILES string of the molecule is COc1ccc(CC(=O)c2cccs2)cc1Br. The molecule has 1 aromatic carbocycles. The fraction of sp³-hybridized carbons (Fsp3) is 0.154. The van der Waals surface area contributed by atoms with Crippen LogP contribution in [0.4, 0.5) is 0 Å². The van der Waals surface area contributed by atoms with E-state index in [2.05, 4.69) is 15.9 Å². The fourth-order valence-electron chi connectivity index (χ4n) is 1.53. The van der Waals surface area contributed by atoms with Crippen LogP contribution in [-0.2, 0) is 6.42 Å². The van der Waals surface area contributed by atoms with E-state index in [4.69, 9.17) is 4.74 Å². The van der Waals surface area contributed by atoms with E-state index in [-0.39, 0.29) is 5.78 Å². The number of benzene rings is 1. The molecule has 1 aromatic heterocycles. The normalized spacial score (nSPS) is 10.2. The van der Waals surface area contributed by atoms with Crippen LogP contribution in [0.15, 0.2) is 40.2 Å². The van der Waals surface area contributed by atoms with Crippen molar-refractivity contribution in [3.63, 3.8) is 0 Å². The highest BCUT2D eigenvalue weighted by Crippen LogP contribution is 2.26. The molecule has 0 amide bonds. The summed E-state index contributed by atoms with van der Waals surface area (Å²) in [6, 6.07) is 9.44. The van der Waals surface area contributed by atoms with E-state index in [0.717, 1.165) is 20.7 Å². The second kappa shape index (κ2) is 5.47. The van der Waals surface area contributed by atoms with Gasteiger partial charge in [0.2, 0.25) is 0 Å². The Balaban J connectivity index is 2.14. The van der Waals surface area contributed by atoms with Crippen LogP contribution in [0, 0.1) is 0 Å². The lowest BCUT2D eigenvalue weighted by Gasteiger charge is -2.05. The molecule has 0 aliphatic rings. The predicted octanol–water partition coefficient (Wildman–Crippen LogP) is 3.94. The summed E-state index contributed by atoms with van der Waals surface area (Å²) in [6.45, 7) is 0. The largest absolute Gasteiger partial charge is 0.496 e. The Kier molecular flexibility index (Phi) is 3.97. The molecular weight excluding hydrogens is 300 g/mol. The zero-order valence-corrected chi connectivity index (χ0v) is 11.7. The summed E-state index contributed by atoms with van der Waals surface area (Å²) in [4.78, 5) is 12.7. The van der Waals surface area contributed by atoms with E-state index in [1.54, 1.807) is 7.11 Å². The van der Waals surface area contributed by atoms with Gasteiger partial charge in [0.05, 0.1) is 16.5 Å². The molecule has 2 nitrogen and oxygen atoms in total. The van der Waals surface area contributed by atoms with Gasteiger partial charge in [-0.2, -0.15) is 0 Å². The Morgan fingerprint density at radius 1 is 1.41 bits per heavy atom. The van der Waals surface area contributed by atoms with Crippen molar-refractivity contribution in [2.24, 2.45) is 0 Å². The van der Waals surface area contributed by atoms with E-state index in [0.29, 0.717) is 6.42 Å². The van der Waals surface area contributed by atoms with Gasteiger partial charge >= 0.3 is 0 Å². The maximum absolute atomic E-state index is 11.9. The molecule has 2 aromatic rings. The average Bonchev–Trinajstić information content (AvgIpc) is 2.82. The number of carbonyl (C=O) groups is 1. The van der Waals surface area contributed by atoms with Gasteiger partial charge in [0, 0.05) is 6.42 Å². The monoisotopic (exact) mass is 310 g/mol. The third-order valence-corrected chi connectivity index (χ3v) is 3.91. The van der Waals surface area contributed by atoms with Crippen molar-refractivity contribution in [3.8, 4) is 5.75 Å². The zero-order chi connectivity index (χ0) is 12.3. The first-order valence-electron chi connectivity index (χ1n) is 5.10. The summed E-state index contributed by atoms with van der Waals surface area (Å²) in [6.07, 6.45) is 0.420. The Morgan fingerprint density at radius 2 is 2.24 bits per heavy atom. The number of ether oxygens (including phenoxy) is 1. The molecule has 0 bridgehead atoms. The molecule has 0 radical (unpaired) electrons. The molecular formula is C13H11BrO2S. The number of hydrogen-bond acceptors (Lipinski definition) is 3. The molecule has 0 N–H and O–H groups in total. The van der Waals surface area contributed by atoms with Crippen LogP contribution in [0.1, 0.15) is 15.2 Å². The van der Waals surface area contributed by atoms with Gasteiger partial charge in [-0.05, 0) is 45.1 Å². The van der Waals surface area contributed by atoms with E-state index in [1.165, 1.54) is 11.3 Å². The van der Waals surface area contributed by atoms with Crippen molar-refractivity contribution < 1.29 is 9.53 Å². The van der Waals surface area contributed by atoms with Crippen LogP contribution in [0.2, 0.25) is 0 Å². The molecule has 0 fully saturated rings. The van der Waals surface area contributed by atoms with Crippen molar-refractivity contribution in [1.82, 2.24) is 0 Å². The molecule has 1 heterocycles. The second-order valence-corrected chi connectivity index (χ2v) is 5.35. The molecule has 88 valence electrons. The molecule has 0 atom stereocenters. The summed E-state index contributed by atoms with van der Waals surface area (Å²) in [7, 11) is 1.62. The number of rotatable bonds is 4. The first kappa shape index (κ1) is 12.3. The van der Waals surface area contributed by atoms with E-state index in [1.807, 2.05) is 35.7 Å². The Bertz CT molecular complexity index is 520. The van der Waals surface area contributed by atoms with Crippen LogP contribution in [0.5, 0.6) is 5.75 Å². The number of thiophene rings is 1. The van der Waals surface area contributed by atoms with Crippen molar-refractivity contribution in [1.29, 1.82) is 0 Å². The van der Waals surface area contributed by atoms with Crippen LogP contribution < -0.4 is 4.74 Å². The maximum atomic E-state index is 11.9. The maximum Gasteiger partial charge on any atom is 0.177 e. The minimum Gasteiger partial charge on any atom is -0.496 e. The zero-order valence-electron chi connectivity index (χ0n) is 9.27. The number of ketones is 1. The number of hydrogen-bond donors (Lipinski definition) is 0. The molecule has 0 unspecified atom stereocenters. The van der Waals surface area contributed by atoms with Crippen LogP contribution in [-0.4, -0.2) is 12.9 Å². The standard InChI is InChI=1S/C13H11BrO2S/c1-16-12-5-4-9(7-10(12)14)8-11(15)13-3-2-6-17-13/h2-7H,8H2,1H3. The smallest absolute Gasteiger partial charge is 0.177 e. The second-order valence-electron chi connectivity index (χ2n) is 3.55. The molecule has 0 aliphatic heterocycles. The van der Waals surface area contributed by atoms with Gasteiger partial charge in [-0.3, -0.25) is 4.79 Å². The van der Waals surface area contributed by atoms with Crippen molar-refractivity contribution >= 4 is 33.0 Å².